The average Bonchev–Trinajstić information content (AvgIpc) is 2.71. The number of halogens is 2. The molecule has 6 heteroatoms. The molecule has 0 N–H and O–H groups in total. The average molecular weight is 411 g/mol. The van der Waals surface area contributed by atoms with Crippen LogP contribution in [-0.4, -0.2) is 44.0 Å². The SMILES string of the molecule is COCC1CCN(CC(=O)c2cc(Br)sc2Br)CC1. The number of hydrogen-bond acceptors (Lipinski definition) is 4. The van der Waals surface area contributed by atoms with E-state index >= 15 is 0 Å². The Kier molecular flexibility index (Phi) is 6.02. The van der Waals surface area contributed by atoms with Gasteiger partial charge >= 0.3 is 0 Å². The van der Waals surface area contributed by atoms with Gasteiger partial charge in [0.1, 0.15) is 0 Å². The van der Waals surface area contributed by atoms with E-state index in [0.717, 1.165) is 45.7 Å². The van der Waals surface area contributed by atoms with E-state index in [-0.39, 0.29) is 5.78 Å². The first-order valence-corrected chi connectivity index (χ1v) is 8.69. The van der Waals surface area contributed by atoms with Crippen molar-refractivity contribution >= 4 is 49.0 Å². The molecule has 2 heterocycles. The first-order chi connectivity index (χ1) is 9.10. The Morgan fingerprint density at radius 3 is 2.68 bits per heavy atom. The summed E-state index contributed by atoms with van der Waals surface area (Å²) in [6, 6.07) is 1.90. The number of likely N-dealkylation sites (tertiary alicyclic amines) is 1. The van der Waals surface area contributed by atoms with E-state index in [2.05, 4.69) is 36.8 Å². The van der Waals surface area contributed by atoms with Crippen LogP contribution >= 0.6 is 43.2 Å². The third-order valence-electron chi connectivity index (χ3n) is 3.43. The first kappa shape index (κ1) is 15.6. The molecule has 0 spiro atoms. The van der Waals surface area contributed by atoms with E-state index in [1.165, 1.54) is 0 Å². The lowest BCUT2D eigenvalue weighted by molar-refractivity contribution is 0.0809. The molecule has 0 aliphatic carbocycles. The Morgan fingerprint density at radius 1 is 1.47 bits per heavy atom. The predicted octanol–water partition coefficient (Wildman–Crippen LogP) is 3.81. The summed E-state index contributed by atoms with van der Waals surface area (Å²) in [7, 11) is 1.75. The zero-order valence-corrected chi connectivity index (χ0v) is 14.8. The molecule has 19 heavy (non-hydrogen) atoms. The van der Waals surface area contributed by atoms with E-state index in [4.69, 9.17) is 4.74 Å². The van der Waals surface area contributed by atoms with Crippen LogP contribution in [0.4, 0.5) is 0 Å². The van der Waals surface area contributed by atoms with Crippen molar-refractivity contribution in [1.29, 1.82) is 0 Å². The van der Waals surface area contributed by atoms with Gasteiger partial charge in [0.15, 0.2) is 5.78 Å². The topological polar surface area (TPSA) is 29.5 Å². The van der Waals surface area contributed by atoms with Crippen LogP contribution in [0.1, 0.15) is 23.2 Å². The van der Waals surface area contributed by atoms with Crippen LogP contribution in [0.25, 0.3) is 0 Å². The number of carbonyl (C=O) groups is 1. The number of piperidine rings is 1. The highest BCUT2D eigenvalue weighted by Gasteiger charge is 2.22. The van der Waals surface area contributed by atoms with Crippen molar-refractivity contribution in [2.24, 2.45) is 5.92 Å². The monoisotopic (exact) mass is 409 g/mol. The largest absolute Gasteiger partial charge is 0.384 e. The van der Waals surface area contributed by atoms with Crippen LogP contribution in [0, 0.1) is 5.92 Å². The van der Waals surface area contributed by atoms with Crippen LogP contribution in [0.3, 0.4) is 0 Å². The van der Waals surface area contributed by atoms with Crippen LogP contribution in [-0.2, 0) is 4.74 Å². The van der Waals surface area contributed by atoms with E-state index < -0.39 is 0 Å². The number of rotatable bonds is 5. The molecule has 2 rings (SSSR count). The molecule has 1 aromatic rings. The number of Topliss-reactive ketones (excluding diaryl/α,β-unsaturated/α-hetero) is 1. The lowest BCUT2D eigenvalue weighted by Crippen LogP contribution is -2.38. The van der Waals surface area contributed by atoms with Crippen molar-refractivity contribution in [3.05, 3.63) is 19.2 Å². The molecule has 1 fully saturated rings. The van der Waals surface area contributed by atoms with Gasteiger partial charge in [0.25, 0.3) is 0 Å². The van der Waals surface area contributed by atoms with Crippen LogP contribution in [0.15, 0.2) is 13.6 Å². The molecule has 1 aromatic heterocycles. The van der Waals surface area contributed by atoms with Gasteiger partial charge in [-0.2, -0.15) is 0 Å². The van der Waals surface area contributed by atoms with E-state index in [0.29, 0.717) is 12.5 Å². The number of carbonyl (C=O) groups excluding carboxylic acids is 1. The van der Waals surface area contributed by atoms with Gasteiger partial charge in [-0.1, -0.05) is 0 Å². The number of methoxy groups -OCH3 is 1. The summed E-state index contributed by atoms with van der Waals surface area (Å²) in [6.45, 7) is 3.33. The highest BCUT2D eigenvalue weighted by Crippen LogP contribution is 2.32. The van der Waals surface area contributed by atoms with Gasteiger partial charge in [-0.3, -0.25) is 9.69 Å². The van der Waals surface area contributed by atoms with Gasteiger partial charge in [-0.25, -0.2) is 0 Å². The quantitative estimate of drug-likeness (QED) is 0.691. The lowest BCUT2D eigenvalue weighted by atomic mass is 9.97. The Labute approximate surface area is 134 Å². The maximum atomic E-state index is 12.2. The zero-order valence-electron chi connectivity index (χ0n) is 10.8. The van der Waals surface area contributed by atoms with Crippen molar-refractivity contribution in [3.8, 4) is 0 Å². The molecular formula is C13H17Br2NO2S. The molecule has 0 atom stereocenters. The minimum Gasteiger partial charge on any atom is -0.384 e. The number of ketones is 1. The van der Waals surface area contributed by atoms with Crippen molar-refractivity contribution < 1.29 is 9.53 Å². The standard InChI is InChI=1S/C13H17Br2NO2S/c1-18-8-9-2-4-16(5-3-9)7-11(17)10-6-12(14)19-13(10)15/h6,9H,2-5,7-8H2,1H3. The van der Waals surface area contributed by atoms with Gasteiger partial charge in [0.2, 0.25) is 0 Å². The third-order valence-corrected chi connectivity index (χ3v) is 5.77. The first-order valence-electron chi connectivity index (χ1n) is 6.29. The second kappa shape index (κ2) is 7.31. The Bertz CT molecular complexity index is 442. The third kappa shape index (κ3) is 4.36. The van der Waals surface area contributed by atoms with Crippen LogP contribution in [0.2, 0.25) is 0 Å². The molecule has 0 bridgehead atoms. The van der Waals surface area contributed by atoms with Crippen LogP contribution in [0.5, 0.6) is 0 Å². The second-order valence-corrected chi connectivity index (χ2v) is 8.59. The minimum atomic E-state index is 0.194. The summed E-state index contributed by atoms with van der Waals surface area (Å²) in [5.41, 5.74) is 0.788. The normalized spacial score (nSPS) is 17.8. The summed E-state index contributed by atoms with van der Waals surface area (Å²) < 4.78 is 7.09. The zero-order chi connectivity index (χ0) is 13.8. The number of ether oxygens (including phenoxy) is 1. The Hall–Kier alpha value is 0.250. The molecule has 1 aliphatic rings. The number of thiophene rings is 1. The maximum Gasteiger partial charge on any atom is 0.178 e. The summed E-state index contributed by atoms with van der Waals surface area (Å²) in [5, 5.41) is 0. The maximum absolute atomic E-state index is 12.2. The Morgan fingerprint density at radius 2 is 2.16 bits per heavy atom. The van der Waals surface area contributed by atoms with Gasteiger partial charge in [0, 0.05) is 19.3 Å². The Balaban J connectivity index is 1.85. The van der Waals surface area contributed by atoms with Crippen molar-refractivity contribution in [1.82, 2.24) is 4.90 Å². The number of nitrogens with zero attached hydrogens (tertiary/aromatic N) is 1. The fourth-order valence-electron chi connectivity index (χ4n) is 2.37. The summed E-state index contributed by atoms with van der Waals surface area (Å²) in [4.78, 5) is 14.5. The van der Waals surface area contributed by atoms with E-state index in [1.54, 1.807) is 18.4 Å². The molecule has 0 unspecified atom stereocenters. The fraction of sp³-hybridized carbons (Fsp3) is 0.615. The summed E-state index contributed by atoms with van der Waals surface area (Å²) in [6.07, 6.45) is 2.24. The van der Waals surface area contributed by atoms with E-state index in [9.17, 15) is 4.79 Å². The number of hydrogen-bond donors (Lipinski definition) is 0. The molecule has 0 amide bonds. The molecule has 0 saturated carbocycles. The molecular weight excluding hydrogens is 394 g/mol. The summed E-state index contributed by atoms with van der Waals surface area (Å²) in [5.74, 6) is 0.845. The molecule has 0 aromatic carbocycles. The van der Waals surface area contributed by atoms with Gasteiger partial charge in [0.05, 0.1) is 14.1 Å². The lowest BCUT2D eigenvalue weighted by Gasteiger charge is -2.30. The molecule has 106 valence electrons. The molecule has 1 saturated heterocycles. The second-order valence-electron chi connectivity index (χ2n) is 4.84. The minimum absolute atomic E-state index is 0.194. The van der Waals surface area contributed by atoms with Crippen LogP contribution < -0.4 is 0 Å². The van der Waals surface area contributed by atoms with Crippen molar-refractivity contribution in [3.63, 3.8) is 0 Å². The highest BCUT2D eigenvalue weighted by atomic mass is 79.9. The van der Waals surface area contributed by atoms with Gasteiger partial charge in [-0.05, 0) is 69.8 Å². The van der Waals surface area contributed by atoms with E-state index in [1.807, 2.05) is 6.07 Å². The fourth-order valence-corrected chi connectivity index (χ4v) is 5.22. The molecule has 3 nitrogen and oxygen atoms in total. The summed E-state index contributed by atoms with van der Waals surface area (Å²) >= 11 is 8.40. The van der Waals surface area contributed by atoms with Gasteiger partial charge < -0.3 is 4.74 Å². The predicted molar refractivity (Wildman–Crippen MR) is 85.1 cm³/mol. The van der Waals surface area contributed by atoms with Crippen molar-refractivity contribution in [2.45, 2.75) is 12.8 Å². The molecule has 0 radical (unpaired) electrons. The highest BCUT2D eigenvalue weighted by molar-refractivity contribution is 9.12. The van der Waals surface area contributed by atoms with Crippen molar-refractivity contribution in [2.75, 3.05) is 33.4 Å². The van der Waals surface area contributed by atoms with Gasteiger partial charge in [-0.15, -0.1) is 11.3 Å². The molecule has 1 aliphatic heterocycles. The smallest absolute Gasteiger partial charge is 0.178 e.